The second-order valence-electron chi connectivity index (χ2n) is 9.93. The summed E-state index contributed by atoms with van der Waals surface area (Å²) in [5.41, 5.74) is 1.16. The predicted octanol–water partition coefficient (Wildman–Crippen LogP) is 4.73. The number of carbonyl (C=O) groups excluding carboxylic acids is 2. The summed E-state index contributed by atoms with van der Waals surface area (Å²) in [4.78, 5) is 36.6. The maximum Gasteiger partial charge on any atom is 0.253 e. The number of hydrogen-bond acceptors (Lipinski definition) is 5. The van der Waals surface area contributed by atoms with E-state index < -0.39 is 0 Å². The van der Waals surface area contributed by atoms with Crippen LogP contribution in [0.25, 0.3) is 0 Å². The summed E-state index contributed by atoms with van der Waals surface area (Å²) in [6.45, 7) is 10.2. The summed E-state index contributed by atoms with van der Waals surface area (Å²) in [6.07, 6.45) is 4.57. The van der Waals surface area contributed by atoms with Gasteiger partial charge in [-0.25, -0.2) is 4.98 Å². The molecule has 2 amide bonds. The molecule has 4 rings (SSSR count). The van der Waals surface area contributed by atoms with Crippen molar-refractivity contribution in [1.29, 1.82) is 0 Å². The second kappa shape index (κ2) is 11.8. The molecule has 2 aliphatic rings. The maximum absolute atomic E-state index is 12.9. The van der Waals surface area contributed by atoms with Crippen molar-refractivity contribution in [3.05, 3.63) is 57.7 Å². The molecule has 1 N–H and O–H groups in total. The van der Waals surface area contributed by atoms with Crippen molar-refractivity contribution in [1.82, 2.24) is 20.1 Å². The molecular formula is C27H35Cl2N5O2. The molecule has 0 spiro atoms. The van der Waals surface area contributed by atoms with Gasteiger partial charge in [0.2, 0.25) is 0 Å². The Kier molecular flexibility index (Phi) is 8.75. The number of piperidine rings is 1. The molecule has 1 atom stereocenters. The fourth-order valence-corrected chi connectivity index (χ4v) is 5.63. The van der Waals surface area contributed by atoms with E-state index in [2.05, 4.69) is 27.0 Å². The Labute approximate surface area is 223 Å². The van der Waals surface area contributed by atoms with E-state index in [-0.39, 0.29) is 17.9 Å². The van der Waals surface area contributed by atoms with E-state index in [1.165, 1.54) is 0 Å². The molecule has 0 saturated carbocycles. The van der Waals surface area contributed by atoms with Crippen LogP contribution in [0.15, 0.2) is 36.5 Å². The summed E-state index contributed by atoms with van der Waals surface area (Å²) in [6, 6.07) is 9.72. The Morgan fingerprint density at radius 2 is 1.75 bits per heavy atom. The first kappa shape index (κ1) is 26.7. The number of pyridine rings is 1. The van der Waals surface area contributed by atoms with E-state index in [0.29, 0.717) is 33.3 Å². The minimum Gasteiger partial charge on any atom is -0.353 e. The Morgan fingerprint density at radius 3 is 2.36 bits per heavy atom. The largest absolute Gasteiger partial charge is 0.353 e. The van der Waals surface area contributed by atoms with Crippen LogP contribution < -0.4 is 10.2 Å². The van der Waals surface area contributed by atoms with Gasteiger partial charge in [-0.2, -0.15) is 0 Å². The lowest BCUT2D eigenvalue weighted by Gasteiger charge is -2.47. The van der Waals surface area contributed by atoms with Gasteiger partial charge in [0.05, 0.1) is 10.6 Å². The fraction of sp³-hybridized carbons (Fsp3) is 0.519. The number of piperazine rings is 1. The van der Waals surface area contributed by atoms with Crippen LogP contribution in [-0.4, -0.2) is 77.4 Å². The number of amides is 2. The predicted molar refractivity (Wildman–Crippen MR) is 145 cm³/mol. The van der Waals surface area contributed by atoms with E-state index in [9.17, 15) is 9.59 Å². The molecule has 2 fully saturated rings. The SMILES string of the molecule is CC[C@H]1CN(c2ncc(C(=O)NC(C)C)cc2Cl)CCN1C1CCN(C(=O)c2ccc(Cl)cc2)CC1. The number of aromatic nitrogens is 1. The molecule has 2 aromatic rings. The molecule has 1 aromatic carbocycles. The number of nitrogens with zero attached hydrogens (tertiary/aromatic N) is 4. The van der Waals surface area contributed by atoms with Gasteiger partial charge in [0, 0.05) is 67.6 Å². The van der Waals surface area contributed by atoms with Crippen LogP contribution in [-0.2, 0) is 0 Å². The zero-order chi connectivity index (χ0) is 25.8. The fourth-order valence-electron chi connectivity index (χ4n) is 5.21. The molecule has 7 nitrogen and oxygen atoms in total. The monoisotopic (exact) mass is 531 g/mol. The van der Waals surface area contributed by atoms with Gasteiger partial charge < -0.3 is 15.1 Å². The second-order valence-corrected chi connectivity index (χ2v) is 10.8. The minimum atomic E-state index is -0.164. The zero-order valence-corrected chi connectivity index (χ0v) is 22.7. The van der Waals surface area contributed by atoms with Crippen molar-refractivity contribution in [3.8, 4) is 0 Å². The molecule has 0 bridgehead atoms. The van der Waals surface area contributed by atoms with Crippen LogP contribution >= 0.6 is 23.2 Å². The average Bonchev–Trinajstić information content (AvgIpc) is 2.88. The van der Waals surface area contributed by atoms with Crippen molar-refractivity contribution < 1.29 is 9.59 Å². The number of anilines is 1. The first-order valence-corrected chi connectivity index (χ1v) is 13.5. The molecule has 194 valence electrons. The van der Waals surface area contributed by atoms with Crippen LogP contribution in [0.4, 0.5) is 5.82 Å². The number of likely N-dealkylation sites (tertiary alicyclic amines) is 1. The standard InChI is InChI=1S/C27H35Cl2N5O2/c1-4-22-17-33(25-24(29)15-20(16-30-25)26(35)31-18(2)3)13-14-34(22)23-9-11-32(12-10-23)27(36)19-5-7-21(28)8-6-19/h5-8,15-16,18,22-23H,4,9-14,17H2,1-3H3,(H,31,35)/t22-/m0/s1. The van der Waals surface area contributed by atoms with Gasteiger partial charge in [-0.15, -0.1) is 0 Å². The lowest BCUT2D eigenvalue weighted by molar-refractivity contribution is 0.0490. The van der Waals surface area contributed by atoms with E-state index in [4.69, 9.17) is 23.2 Å². The van der Waals surface area contributed by atoms with Crippen LogP contribution in [0, 0.1) is 0 Å². The lowest BCUT2D eigenvalue weighted by Crippen LogP contribution is -2.58. The Morgan fingerprint density at radius 1 is 1.06 bits per heavy atom. The molecule has 0 aliphatic carbocycles. The third-order valence-corrected chi connectivity index (χ3v) is 7.64. The molecule has 36 heavy (non-hydrogen) atoms. The number of nitrogens with one attached hydrogen (secondary N) is 1. The van der Waals surface area contributed by atoms with Crippen molar-refractivity contribution in [2.45, 2.75) is 58.2 Å². The normalized spacial score (nSPS) is 19.6. The third kappa shape index (κ3) is 6.13. The maximum atomic E-state index is 12.9. The molecule has 2 aliphatic heterocycles. The van der Waals surface area contributed by atoms with Gasteiger partial charge in [0.25, 0.3) is 11.8 Å². The number of halogens is 2. The molecule has 0 unspecified atom stereocenters. The Hall–Kier alpha value is -2.35. The molecule has 2 saturated heterocycles. The van der Waals surface area contributed by atoms with Crippen LogP contribution in [0.1, 0.15) is 60.7 Å². The third-order valence-electron chi connectivity index (χ3n) is 7.11. The summed E-state index contributed by atoms with van der Waals surface area (Å²) in [5, 5.41) is 4.02. The minimum absolute atomic E-state index is 0.0526. The number of hydrogen-bond donors (Lipinski definition) is 1. The summed E-state index contributed by atoms with van der Waals surface area (Å²) in [7, 11) is 0. The van der Waals surface area contributed by atoms with Gasteiger partial charge in [-0.3, -0.25) is 14.5 Å². The summed E-state index contributed by atoms with van der Waals surface area (Å²) in [5.74, 6) is 0.649. The first-order chi connectivity index (χ1) is 17.3. The van der Waals surface area contributed by atoms with Gasteiger partial charge in [0.15, 0.2) is 0 Å². The smallest absolute Gasteiger partial charge is 0.253 e. The highest BCUT2D eigenvalue weighted by atomic mass is 35.5. The van der Waals surface area contributed by atoms with E-state index >= 15 is 0 Å². The first-order valence-electron chi connectivity index (χ1n) is 12.8. The van der Waals surface area contributed by atoms with Crippen LogP contribution in [0.3, 0.4) is 0 Å². The van der Waals surface area contributed by atoms with Crippen molar-refractivity contribution in [3.63, 3.8) is 0 Å². The molecule has 0 radical (unpaired) electrons. The Balaban J connectivity index is 1.35. The van der Waals surface area contributed by atoms with Crippen LogP contribution in [0.2, 0.25) is 10.0 Å². The summed E-state index contributed by atoms with van der Waals surface area (Å²) >= 11 is 12.5. The number of rotatable bonds is 6. The summed E-state index contributed by atoms with van der Waals surface area (Å²) < 4.78 is 0. The van der Waals surface area contributed by atoms with Gasteiger partial charge >= 0.3 is 0 Å². The highest BCUT2D eigenvalue weighted by Gasteiger charge is 2.35. The highest BCUT2D eigenvalue weighted by Crippen LogP contribution is 2.30. The number of carbonyl (C=O) groups is 2. The number of benzene rings is 1. The zero-order valence-electron chi connectivity index (χ0n) is 21.2. The molecular weight excluding hydrogens is 497 g/mol. The van der Waals surface area contributed by atoms with Crippen LogP contribution in [0.5, 0.6) is 0 Å². The van der Waals surface area contributed by atoms with Gasteiger partial charge in [-0.1, -0.05) is 30.1 Å². The van der Waals surface area contributed by atoms with Crippen molar-refractivity contribution in [2.75, 3.05) is 37.6 Å². The highest BCUT2D eigenvalue weighted by molar-refractivity contribution is 6.33. The van der Waals surface area contributed by atoms with Gasteiger partial charge in [0.1, 0.15) is 5.82 Å². The average molecular weight is 533 g/mol. The van der Waals surface area contributed by atoms with E-state index in [1.807, 2.05) is 18.7 Å². The van der Waals surface area contributed by atoms with Crippen molar-refractivity contribution in [2.24, 2.45) is 0 Å². The topological polar surface area (TPSA) is 68.8 Å². The Bertz CT molecular complexity index is 1070. The molecule has 1 aromatic heterocycles. The van der Waals surface area contributed by atoms with E-state index in [0.717, 1.165) is 57.8 Å². The molecule has 9 heteroatoms. The lowest BCUT2D eigenvalue weighted by atomic mass is 9.97. The van der Waals surface area contributed by atoms with E-state index in [1.54, 1.807) is 36.5 Å². The van der Waals surface area contributed by atoms with Gasteiger partial charge in [-0.05, 0) is 63.4 Å². The molecule has 3 heterocycles. The van der Waals surface area contributed by atoms with Crippen molar-refractivity contribution >= 4 is 40.8 Å². The quantitative estimate of drug-likeness (QED) is 0.583.